The third-order valence-corrected chi connectivity index (χ3v) is 5.42. The highest BCUT2D eigenvalue weighted by Gasteiger charge is 2.22. The zero-order chi connectivity index (χ0) is 21.1. The Morgan fingerprint density at radius 2 is 1.77 bits per heavy atom. The van der Waals surface area contributed by atoms with E-state index in [9.17, 15) is 9.18 Å². The lowest BCUT2D eigenvalue weighted by atomic mass is 10.1. The highest BCUT2D eigenvalue weighted by Crippen LogP contribution is 2.24. The van der Waals surface area contributed by atoms with Crippen LogP contribution in [-0.2, 0) is 11.3 Å². The third kappa shape index (κ3) is 3.93. The highest BCUT2D eigenvalue weighted by molar-refractivity contribution is 5.95. The average molecular weight is 408 g/mol. The van der Waals surface area contributed by atoms with Crippen molar-refractivity contribution in [2.24, 2.45) is 0 Å². The second-order valence-corrected chi connectivity index (χ2v) is 7.40. The summed E-state index contributed by atoms with van der Waals surface area (Å²) in [6.07, 6.45) is 1.51. The fourth-order valence-electron chi connectivity index (χ4n) is 3.78. The summed E-state index contributed by atoms with van der Waals surface area (Å²) in [6, 6.07) is 14.5. The van der Waals surface area contributed by atoms with Gasteiger partial charge in [0.1, 0.15) is 11.5 Å². The molecule has 6 nitrogen and oxygen atoms in total. The first-order valence-electron chi connectivity index (χ1n) is 10.0. The minimum Gasteiger partial charge on any atom is -0.378 e. The normalized spacial score (nSPS) is 14.0. The number of amides is 1. The second-order valence-electron chi connectivity index (χ2n) is 7.40. The molecule has 0 N–H and O–H groups in total. The Hall–Kier alpha value is -3.19. The van der Waals surface area contributed by atoms with E-state index in [1.165, 1.54) is 16.9 Å². The first-order valence-corrected chi connectivity index (χ1v) is 10.0. The van der Waals surface area contributed by atoms with Crippen LogP contribution < -0.4 is 4.90 Å². The lowest BCUT2D eigenvalue weighted by molar-refractivity contribution is 0.0784. The first kappa shape index (κ1) is 20.1. The maximum absolute atomic E-state index is 14.2. The summed E-state index contributed by atoms with van der Waals surface area (Å²) in [6.45, 7) is 5.33. The van der Waals surface area contributed by atoms with Crippen LogP contribution in [0.3, 0.4) is 0 Å². The maximum atomic E-state index is 14.2. The van der Waals surface area contributed by atoms with Gasteiger partial charge in [-0.3, -0.25) is 4.79 Å². The number of ether oxygens (including phenoxy) is 1. The summed E-state index contributed by atoms with van der Waals surface area (Å²) in [5.74, 6) is -0.526. The molecule has 1 amide bonds. The average Bonchev–Trinajstić information content (AvgIpc) is 3.15. The Morgan fingerprint density at radius 3 is 2.50 bits per heavy atom. The van der Waals surface area contributed by atoms with Gasteiger partial charge in [0, 0.05) is 32.4 Å². The van der Waals surface area contributed by atoms with Gasteiger partial charge in [-0.05, 0) is 30.7 Å². The zero-order valence-electron chi connectivity index (χ0n) is 17.2. The van der Waals surface area contributed by atoms with Crippen LogP contribution in [0, 0.1) is 12.7 Å². The first-order chi connectivity index (χ1) is 14.6. The molecule has 0 unspecified atom stereocenters. The lowest BCUT2D eigenvalue weighted by Gasteiger charge is -2.31. The number of para-hydroxylation sites is 2. The summed E-state index contributed by atoms with van der Waals surface area (Å²) in [4.78, 5) is 17.1. The molecule has 0 spiro atoms. The van der Waals surface area contributed by atoms with Crippen LogP contribution in [-0.4, -0.2) is 53.9 Å². The molecule has 4 rings (SSSR count). The molecule has 1 saturated heterocycles. The van der Waals surface area contributed by atoms with E-state index in [4.69, 9.17) is 4.74 Å². The topological polar surface area (TPSA) is 50.6 Å². The van der Waals surface area contributed by atoms with E-state index in [1.54, 1.807) is 37.1 Å². The highest BCUT2D eigenvalue weighted by atomic mass is 19.1. The predicted octanol–water partition coefficient (Wildman–Crippen LogP) is 3.43. The molecule has 3 aromatic rings. The number of morpholine rings is 1. The Kier molecular flexibility index (Phi) is 5.81. The van der Waals surface area contributed by atoms with Crippen molar-refractivity contribution < 1.29 is 13.9 Å². The number of aromatic nitrogens is 2. The van der Waals surface area contributed by atoms with Gasteiger partial charge in [0.25, 0.3) is 5.91 Å². The largest absolute Gasteiger partial charge is 0.378 e. The van der Waals surface area contributed by atoms with Crippen LogP contribution in [0.15, 0.2) is 54.7 Å². The number of nitrogens with zero attached hydrogens (tertiary/aromatic N) is 4. The number of benzene rings is 2. The van der Waals surface area contributed by atoms with Gasteiger partial charge in [-0.2, -0.15) is 5.10 Å². The number of carbonyl (C=O) groups excluding carboxylic acids is 1. The quantitative estimate of drug-likeness (QED) is 0.649. The molecule has 156 valence electrons. The minimum atomic E-state index is -0.379. The molecular formula is C23H25FN4O2. The summed E-state index contributed by atoms with van der Waals surface area (Å²) in [5, 5.41) is 4.26. The second kappa shape index (κ2) is 8.67. The number of halogens is 1. The molecule has 0 aliphatic carbocycles. The number of hydrogen-bond acceptors (Lipinski definition) is 4. The van der Waals surface area contributed by atoms with E-state index in [2.05, 4.69) is 16.1 Å². The van der Waals surface area contributed by atoms with Gasteiger partial charge < -0.3 is 14.5 Å². The van der Waals surface area contributed by atoms with Crippen molar-refractivity contribution in [3.63, 3.8) is 0 Å². The summed E-state index contributed by atoms with van der Waals surface area (Å²) < 4.78 is 21.1. The molecule has 30 heavy (non-hydrogen) atoms. The van der Waals surface area contributed by atoms with Gasteiger partial charge in [0.05, 0.1) is 30.7 Å². The van der Waals surface area contributed by atoms with E-state index < -0.39 is 0 Å². The SMILES string of the molecule is Cc1c(C(=O)N(C)Cc2ccccc2N2CCOCC2)cnn1-c1ccccc1F. The minimum absolute atomic E-state index is 0.146. The van der Waals surface area contributed by atoms with Crippen LogP contribution in [0.2, 0.25) is 0 Å². The fraction of sp³-hybridized carbons (Fsp3) is 0.304. The zero-order valence-corrected chi connectivity index (χ0v) is 17.2. The number of hydrogen-bond donors (Lipinski definition) is 0. The third-order valence-electron chi connectivity index (χ3n) is 5.42. The molecular weight excluding hydrogens is 383 g/mol. The van der Waals surface area contributed by atoms with Crippen LogP contribution in [0.25, 0.3) is 5.69 Å². The Labute approximate surface area is 175 Å². The summed E-state index contributed by atoms with van der Waals surface area (Å²) in [5.41, 5.74) is 3.60. The molecule has 1 aliphatic heterocycles. The molecule has 2 aromatic carbocycles. The van der Waals surface area contributed by atoms with E-state index in [0.717, 1.165) is 24.3 Å². The van der Waals surface area contributed by atoms with E-state index in [1.807, 2.05) is 18.2 Å². The summed E-state index contributed by atoms with van der Waals surface area (Å²) in [7, 11) is 1.78. The summed E-state index contributed by atoms with van der Waals surface area (Å²) >= 11 is 0. The van der Waals surface area contributed by atoms with Crippen molar-refractivity contribution in [3.05, 3.63) is 77.4 Å². The van der Waals surface area contributed by atoms with Gasteiger partial charge in [-0.15, -0.1) is 0 Å². The maximum Gasteiger partial charge on any atom is 0.257 e. The smallest absolute Gasteiger partial charge is 0.257 e. The van der Waals surface area contributed by atoms with Gasteiger partial charge >= 0.3 is 0 Å². The van der Waals surface area contributed by atoms with Gasteiger partial charge in [-0.1, -0.05) is 30.3 Å². The van der Waals surface area contributed by atoms with Crippen molar-refractivity contribution in [2.45, 2.75) is 13.5 Å². The number of anilines is 1. The number of carbonyl (C=O) groups is 1. The van der Waals surface area contributed by atoms with Crippen molar-refractivity contribution in [1.82, 2.24) is 14.7 Å². The molecule has 0 saturated carbocycles. The Bertz CT molecular complexity index is 1040. The van der Waals surface area contributed by atoms with E-state index in [-0.39, 0.29) is 11.7 Å². The lowest BCUT2D eigenvalue weighted by Crippen LogP contribution is -2.37. The molecule has 1 aliphatic rings. The molecule has 0 radical (unpaired) electrons. The Morgan fingerprint density at radius 1 is 1.10 bits per heavy atom. The van der Waals surface area contributed by atoms with Crippen LogP contribution in [0.1, 0.15) is 21.6 Å². The van der Waals surface area contributed by atoms with Gasteiger partial charge in [-0.25, -0.2) is 9.07 Å². The molecule has 0 atom stereocenters. The van der Waals surface area contributed by atoms with Crippen molar-refractivity contribution >= 4 is 11.6 Å². The monoisotopic (exact) mass is 408 g/mol. The van der Waals surface area contributed by atoms with E-state index in [0.29, 0.717) is 36.7 Å². The molecule has 1 fully saturated rings. The molecule has 2 heterocycles. The predicted molar refractivity (Wildman–Crippen MR) is 114 cm³/mol. The standard InChI is InChI=1S/C23H25FN4O2/c1-17-19(15-25-28(17)22-10-6-4-8-20(22)24)23(29)26(2)16-18-7-3-5-9-21(18)27-11-13-30-14-12-27/h3-10,15H,11-14,16H2,1-2H3. The molecule has 7 heteroatoms. The van der Waals surface area contributed by atoms with Crippen molar-refractivity contribution in [2.75, 3.05) is 38.3 Å². The fourth-order valence-corrected chi connectivity index (χ4v) is 3.78. The van der Waals surface area contributed by atoms with Crippen LogP contribution in [0.4, 0.5) is 10.1 Å². The van der Waals surface area contributed by atoms with Gasteiger partial charge in [0.15, 0.2) is 0 Å². The van der Waals surface area contributed by atoms with Crippen LogP contribution >= 0.6 is 0 Å². The van der Waals surface area contributed by atoms with E-state index >= 15 is 0 Å². The van der Waals surface area contributed by atoms with Crippen molar-refractivity contribution in [1.29, 1.82) is 0 Å². The molecule has 1 aromatic heterocycles. The van der Waals surface area contributed by atoms with Gasteiger partial charge in [0.2, 0.25) is 0 Å². The number of rotatable bonds is 5. The Balaban J connectivity index is 1.55. The van der Waals surface area contributed by atoms with Crippen molar-refractivity contribution in [3.8, 4) is 5.69 Å². The molecule has 0 bridgehead atoms. The van der Waals surface area contributed by atoms with Crippen LogP contribution in [0.5, 0.6) is 0 Å².